The van der Waals surface area contributed by atoms with Crippen molar-refractivity contribution in [2.75, 3.05) is 26.4 Å². The fraction of sp³-hybridized carbons (Fsp3) is 0.316. The normalized spacial score (nSPS) is 21.3. The third kappa shape index (κ3) is 3.59. The predicted molar refractivity (Wildman–Crippen MR) is 96.2 cm³/mol. The van der Waals surface area contributed by atoms with Gasteiger partial charge >= 0.3 is 0 Å². The van der Waals surface area contributed by atoms with Gasteiger partial charge in [-0.15, -0.1) is 11.8 Å². The van der Waals surface area contributed by atoms with Gasteiger partial charge < -0.3 is 10.2 Å². The van der Waals surface area contributed by atoms with Gasteiger partial charge in [-0.3, -0.25) is 4.79 Å². The highest BCUT2D eigenvalue weighted by atomic mass is 32.2. The van der Waals surface area contributed by atoms with Gasteiger partial charge in [-0.25, -0.2) is 0 Å². The van der Waals surface area contributed by atoms with Gasteiger partial charge in [-0.2, -0.15) is 0 Å². The minimum absolute atomic E-state index is 0.0242. The number of likely N-dealkylation sites (tertiary alicyclic amines) is 1. The third-order valence-electron chi connectivity index (χ3n) is 4.40. The van der Waals surface area contributed by atoms with E-state index in [1.165, 1.54) is 5.56 Å². The van der Waals surface area contributed by atoms with Gasteiger partial charge in [0.05, 0.1) is 5.56 Å². The summed E-state index contributed by atoms with van der Waals surface area (Å²) in [5.41, 5.74) is 2.06. The topological polar surface area (TPSA) is 32.3 Å². The van der Waals surface area contributed by atoms with Gasteiger partial charge in [0, 0.05) is 29.9 Å². The Balaban J connectivity index is 1.79. The van der Waals surface area contributed by atoms with Crippen molar-refractivity contribution in [3.8, 4) is 0 Å². The zero-order valence-electron chi connectivity index (χ0n) is 13.5. The number of hydrogen-bond donors (Lipinski definition) is 1. The smallest absolute Gasteiger partial charge is 0.252 e. The molecule has 23 heavy (non-hydrogen) atoms. The maximum Gasteiger partial charge on any atom is 0.252 e. The lowest BCUT2D eigenvalue weighted by Crippen LogP contribution is -2.39. The van der Waals surface area contributed by atoms with Crippen LogP contribution < -0.4 is 5.32 Å². The summed E-state index contributed by atoms with van der Waals surface area (Å²) < 4.78 is 0. The summed E-state index contributed by atoms with van der Waals surface area (Å²) in [7, 11) is 2.11. The van der Waals surface area contributed by atoms with Crippen LogP contribution in [0.5, 0.6) is 0 Å². The molecule has 3 rings (SSSR count). The highest BCUT2D eigenvalue weighted by Gasteiger charge is 2.33. The zero-order chi connectivity index (χ0) is 16.2. The van der Waals surface area contributed by atoms with Gasteiger partial charge in [0.25, 0.3) is 5.91 Å². The van der Waals surface area contributed by atoms with Crippen molar-refractivity contribution in [2.24, 2.45) is 0 Å². The van der Waals surface area contributed by atoms with Crippen molar-refractivity contribution in [1.82, 2.24) is 10.2 Å². The highest BCUT2D eigenvalue weighted by Crippen LogP contribution is 2.27. The molecule has 0 spiro atoms. The van der Waals surface area contributed by atoms with Crippen LogP contribution in [0.3, 0.4) is 0 Å². The average Bonchev–Trinajstić information content (AvgIpc) is 2.96. The van der Waals surface area contributed by atoms with Crippen LogP contribution in [0.1, 0.15) is 21.8 Å². The molecule has 0 aliphatic carbocycles. The Morgan fingerprint density at radius 3 is 2.52 bits per heavy atom. The van der Waals surface area contributed by atoms with Gasteiger partial charge in [0.15, 0.2) is 0 Å². The van der Waals surface area contributed by atoms with Crippen LogP contribution in [-0.4, -0.2) is 43.2 Å². The van der Waals surface area contributed by atoms with E-state index in [0.29, 0.717) is 5.92 Å². The maximum atomic E-state index is 12.7. The van der Waals surface area contributed by atoms with Gasteiger partial charge in [-0.05, 0) is 31.0 Å². The number of carbonyl (C=O) groups excluding carboxylic acids is 1. The molecule has 1 amide bonds. The molecule has 0 unspecified atom stereocenters. The molecule has 2 aromatic rings. The highest BCUT2D eigenvalue weighted by molar-refractivity contribution is 7.98. The van der Waals surface area contributed by atoms with Crippen LogP contribution in [0.2, 0.25) is 0 Å². The number of hydrogen-bond acceptors (Lipinski definition) is 3. The Bertz CT molecular complexity index is 674. The Labute approximate surface area is 142 Å². The summed E-state index contributed by atoms with van der Waals surface area (Å²) in [4.78, 5) is 16.0. The standard InChI is InChI=1S/C19H22N2OS/c1-21-12-16(14-8-4-3-5-9-14)17(13-21)20-19(22)15-10-6-7-11-18(15)23-2/h3-11,16-17H,12-13H2,1-2H3,(H,20,22)/t16-,17+/m1/s1. The molecule has 0 radical (unpaired) electrons. The first-order valence-electron chi connectivity index (χ1n) is 7.86. The largest absolute Gasteiger partial charge is 0.347 e. The number of thioether (sulfide) groups is 1. The van der Waals surface area contributed by atoms with E-state index >= 15 is 0 Å². The number of benzene rings is 2. The average molecular weight is 326 g/mol. The van der Waals surface area contributed by atoms with Crippen molar-refractivity contribution in [1.29, 1.82) is 0 Å². The maximum absolute atomic E-state index is 12.7. The molecular weight excluding hydrogens is 304 g/mol. The Morgan fingerprint density at radius 2 is 1.78 bits per heavy atom. The SMILES string of the molecule is CSc1ccccc1C(=O)N[C@H]1CN(C)C[C@@H]1c1ccccc1. The third-order valence-corrected chi connectivity index (χ3v) is 5.19. The molecule has 0 aromatic heterocycles. The Morgan fingerprint density at radius 1 is 1.09 bits per heavy atom. The fourth-order valence-electron chi connectivity index (χ4n) is 3.26. The molecule has 1 N–H and O–H groups in total. The van der Waals surface area contributed by atoms with Gasteiger partial charge in [-0.1, -0.05) is 42.5 Å². The summed E-state index contributed by atoms with van der Waals surface area (Å²) in [6.07, 6.45) is 2.00. The minimum Gasteiger partial charge on any atom is -0.347 e. The zero-order valence-corrected chi connectivity index (χ0v) is 14.3. The Hall–Kier alpha value is -1.78. The summed E-state index contributed by atoms with van der Waals surface area (Å²) in [6, 6.07) is 18.4. The van der Waals surface area contributed by atoms with Crippen LogP contribution in [0, 0.1) is 0 Å². The van der Waals surface area contributed by atoms with Crippen LogP contribution >= 0.6 is 11.8 Å². The minimum atomic E-state index is 0.0242. The van der Waals surface area contributed by atoms with Crippen LogP contribution in [0.4, 0.5) is 0 Å². The molecule has 1 fully saturated rings. The molecule has 1 heterocycles. The van der Waals surface area contributed by atoms with Crippen molar-refractivity contribution in [3.63, 3.8) is 0 Å². The van der Waals surface area contributed by atoms with E-state index in [1.807, 2.05) is 36.6 Å². The number of nitrogens with zero attached hydrogens (tertiary/aromatic N) is 1. The van der Waals surface area contributed by atoms with Crippen molar-refractivity contribution >= 4 is 17.7 Å². The Kier molecular flexibility index (Phi) is 5.03. The summed E-state index contributed by atoms with van der Waals surface area (Å²) in [6.45, 7) is 1.85. The quantitative estimate of drug-likeness (QED) is 0.876. The molecule has 1 aliphatic rings. The number of nitrogens with one attached hydrogen (secondary N) is 1. The molecule has 3 nitrogen and oxygen atoms in total. The summed E-state index contributed by atoms with van der Waals surface area (Å²) in [5.74, 6) is 0.364. The van der Waals surface area contributed by atoms with E-state index in [9.17, 15) is 4.79 Å². The molecular formula is C19H22N2OS. The van der Waals surface area contributed by atoms with Crippen molar-refractivity contribution < 1.29 is 4.79 Å². The molecule has 1 aliphatic heterocycles. The molecule has 2 atom stereocenters. The van der Waals surface area contributed by atoms with Crippen molar-refractivity contribution in [2.45, 2.75) is 16.9 Å². The number of rotatable bonds is 4. The number of carbonyl (C=O) groups is 1. The molecule has 2 aromatic carbocycles. The number of likely N-dealkylation sites (N-methyl/N-ethyl adjacent to an activating group) is 1. The predicted octanol–water partition coefficient (Wildman–Crippen LogP) is 3.24. The lowest BCUT2D eigenvalue weighted by atomic mass is 9.94. The second-order valence-corrected chi connectivity index (χ2v) is 6.87. The van der Waals surface area contributed by atoms with Crippen LogP contribution in [0.25, 0.3) is 0 Å². The van der Waals surface area contributed by atoms with E-state index in [-0.39, 0.29) is 11.9 Å². The molecule has 4 heteroatoms. The summed E-state index contributed by atoms with van der Waals surface area (Å²) in [5, 5.41) is 3.25. The first-order chi connectivity index (χ1) is 11.2. The summed E-state index contributed by atoms with van der Waals surface area (Å²) >= 11 is 1.61. The van der Waals surface area contributed by atoms with Crippen molar-refractivity contribution in [3.05, 3.63) is 65.7 Å². The van der Waals surface area contributed by atoms with E-state index in [2.05, 4.69) is 41.5 Å². The molecule has 1 saturated heterocycles. The monoisotopic (exact) mass is 326 g/mol. The molecule has 0 bridgehead atoms. The van der Waals surface area contributed by atoms with E-state index < -0.39 is 0 Å². The first kappa shape index (κ1) is 16.1. The second-order valence-electron chi connectivity index (χ2n) is 6.02. The van der Waals surface area contributed by atoms with E-state index in [1.54, 1.807) is 11.8 Å². The van der Waals surface area contributed by atoms with Gasteiger partial charge in [0.2, 0.25) is 0 Å². The van der Waals surface area contributed by atoms with Crippen LogP contribution in [-0.2, 0) is 0 Å². The van der Waals surface area contributed by atoms with Crippen LogP contribution in [0.15, 0.2) is 59.5 Å². The number of amides is 1. The molecule has 120 valence electrons. The van der Waals surface area contributed by atoms with Gasteiger partial charge in [0.1, 0.15) is 0 Å². The lowest BCUT2D eigenvalue weighted by molar-refractivity contribution is 0.0932. The molecule has 0 saturated carbocycles. The first-order valence-corrected chi connectivity index (χ1v) is 9.09. The lowest BCUT2D eigenvalue weighted by Gasteiger charge is -2.21. The fourth-order valence-corrected chi connectivity index (χ4v) is 3.86. The van der Waals surface area contributed by atoms with E-state index in [0.717, 1.165) is 23.5 Å². The second kappa shape index (κ2) is 7.20. The van der Waals surface area contributed by atoms with E-state index in [4.69, 9.17) is 0 Å².